The predicted octanol–water partition coefficient (Wildman–Crippen LogP) is 3.10. The van der Waals surface area contributed by atoms with Gasteiger partial charge in [0, 0.05) is 19.1 Å². The molecule has 1 rings (SSSR count). The Morgan fingerprint density at radius 3 is 2.17 bits per heavy atom. The zero-order valence-electron chi connectivity index (χ0n) is 12.5. The van der Waals surface area contributed by atoms with E-state index in [0.717, 1.165) is 6.54 Å². The molecule has 0 fully saturated rings. The molecule has 2 nitrogen and oxygen atoms in total. The highest BCUT2D eigenvalue weighted by molar-refractivity contribution is 5.20. The summed E-state index contributed by atoms with van der Waals surface area (Å²) >= 11 is 0. The normalized spacial score (nSPS) is 15.7. The number of likely N-dealkylation sites (N-methyl/N-ethyl adjacent to an activating group) is 1. The van der Waals surface area contributed by atoms with Crippen LogP contribution in [0.25, 0.3) is 0 Å². The fourth-order valence-corrected chi connectivity index (χ4v) is 2.61. The van der Waals surface area contributed by atoms with Crippen LogP contribution in [0.4, 0.5) is 0 Å². The van der Waals surface area contributed by atoms with E-state index in [9.17, 15) is 0 Å². The van der Waals surface area contributed by atoms with Gasteiger partial charge in [-0.05, 0) is 23.9 Å². The van der Waals surface area contributed by atoms with Crippen LogP contribution < -0.4 is 5.73 Å². The first-order chi connectivity index (χ1) is 8.35. The molecule has 102 valence electrons. The maximum atomic E-state index is 5.99. The van der Waals surface area contributed by atoms with E-state index < -0.39 is 0 Å². The Balaban J connectivity index is 2.77. The van der Waals surface area contributed by atoms with Gasteiger partial charge in [0.15, 0.2) is 0 Å². The standard InChI is InChI=1S/C16H28N2/c1-13(14-9-7-6-8-10-14)15(11-17)18(5)12-16(2,3)4/h6-10,13,15H,11-12,17H2,1-5H3. The van der Waals surface area contributed by atoms with E-state index in [1.165, 1.54) is 5.56 Å². The monoisotopic (exact) mass is 248 g/mol. The summed E-state index contributed by atoms with van der Waals surface area (Å²) < 4.78 is 0. The summed E-state index contributed by atoms with van der Waals surface area (Å²) in [5, 5.41) is 0. The van der Waals surface area contributed by atoms with Gasteiger partial charge >= 0.3 is 0 Å². The molecule has 2 atom stereocenters. The Hall–Kier alpha value is -0.860. The van der Waals surface area contributed by atoms with Gasteiger partial charge in [-0.3, -0.25) is 0 Å². The van der Waals surface area contributed by atoms with Crippen molar-refractivity contribution in [1.29, 1.82) is 0 Å². The van der Waals surface area contributed by atoms with Crippen LogP contribution in [-0.2, 0) is 0 Å². The molecule has 1 aromatic carbocycles. The lowest BCUT2D eigenvalue weighted by atomic mass is 9.90. The number of hydrogen-bond donors (Lipinski definition) is 1. The van der Waals surface area contributed by atoms with Crippen LogP contribution in [0.2, 0.25) is 0 Å². The third-order valence-corrected chi connectivity index (χ3v) is 3.43. The number of nitrogens with zero attached hydrogens (tertiary/aromatic N) is 1. The summed E-state index contributed by atoms with van der Waals surface area (Å²) in [6.45, 7) is 10.8. The molecule has 0 radical (unpaired) electrons. The minimum absolute atomic E-state index is 0.304. The zero-order chi connectivity index (χ0) is 13.8. The Labute approximate surface area is 112 Å². The highest BCUT2D eigenvalue weighted by Crippen LogP contribution is 2.24. The van der Waals surface area contributed by atoms with Crippen molar-refractivity contribution >= 4 is 0 Å². The second kappa shape index (κ2) is 6.35. The Morgan fingerprint density at radius 2 is 1.72 bits per heavy atom. The van der Waals surface area contributed by atoms with Crippen molar-refractivity contribution in [2.75, 3.05) is 20.1 Å². The molecular weight excluding hydrogens is 220 g/mol. The summed E-state index contributed by atoms with van der Waals surface area (Å²) in [7, 11) is 2.18. The second-order valence-corrected chi connectivity index (χ2v) is 6.48. The van der Waals surface area contributed by atoms with Gasteiger partial charge in [-0.25, -0.2) is 0 Å². The number of rotatable bonds is 5. The van der Waals surface area contributed by atoms with Crippen molar-refractivity contribution in [2.45, 2.75) is 39.7 Å². The molecule has 0 amide bonds. The van der Waals surface area contributed by atoms with Gasteiger partial charge in [-0.15, -0.1) is 0 Å². The van der Waals surface area contributed by atoms with Gasteiger partial charge in [-0.2, -0.15) is 0 Å². The molecule has 0 saturated heterocycles. The number of nitrogens with two attached hydrogens (primary N) is 1. The molecule has 2 unspecified atom stereocenters. The van der Waals surface area contributed by atoms with Gasteiger partial charge in [0.2, 0.25) is 0 Å². The van der Waals surface area contributed by atoms with Crippen LogP contribution in [0.1, 0.15) is 39.2 Å². The topological polar surface area (TPSA) is 29.3 Å². The lowest BCUT2D eigenvalue weighted by Gasteiger charge is -2.36. The molecular formula is C16H28N2. The molecule has 0 aliphatic heterocycles. The zero-order valence-corrected chi connectivity index (χ0v) is 12.5. The quantitative estimate of drug-likeness (QED) is 0.867. The van der Waals surface area contributed by atoms with E-state index in [1.807, 2.05) is 0 Å². The summed E-state index contributed by atoms with van der Waals surface area (Å²) in [6.07, 6.45) is 0. The largest absolute Gasteiger partial charge is 0.329 e. The maximum Gasteiger partial charge on any atom is 0.0281 e. The first-order valence-electron chi connectivity index (χ1n) is 6.80. The molecule has 0 heterocycles. The first-order valence-corrected chi connectivity index (χ1v) is 6.80. The second-order valence-electron chi connectivity index (χ2n) is 6.48. The average Bonchev–Trinajstić information content (AvgIpc) is 2.28. The molecule has 0 saturated carbocycles. The predicted molar refractivity (Wildman–Crippen MR) is 79.8 cm³/mol. The Bertz CT molecular complexity index is 340. The fourth-order valence-electron chi connectivity index (χ4n) is 2.61. The van der Waals surface area contributed by atoms with Crippen LogP contribution in [0.5, 0.6) is 0 Å². The summed E-state index contributed by atoms with van der Waals surface area (Å²) in [4.78, 5) is 2.40. The van der Waals surface area contributed by atoms with Crippen LogP contribution in [0.3, 0.4) is 0 Å². The number of hydrogen-bond acceptors (Lipinski definition) is 2. The SMILES string of the molecule is CC(c1ccccc1)C(CN)N(C)CC(C)(C)C. The van der Waals surface area contributed by atoms with Crippen molar-refractivity contribution < 1.29 is 0 Å². The minimum atomic E-state index is 0.304. The molecule has 0 aromatic heterocycles. The fraction of sp³-hybridized carbons (Fsp3) is 0.625. The van der Waals surface area contributed by atoms with E-state index in [-0.39, 0.29) is 0 Å². The van der Waals surface area contributed by atoms with E-state index in [0.29, 0.717) is 23.9 Å². The molecule has 1 aromatic rings. The van der Waals surface area contributed by atoms with Gasteiger partial charge in [0.25, 0.3) is 0 Å². The minimum Gasteiger partial charge on any atom is -0.329 e. The highest BCUT2D eigenvalue weighted by Gasteiger charge is 2.24. The van der Waals surface area contributed by atoms with Crippen molar-refractivity contribution in [3.8, 4) is 0 Å². The molecule has 2 heteroatoms. The Morgan fingerprint density at radius 1 is 1.17 bits per heavy atom. The van der Waals surface area contributed by atoms with Gasteiger partial charge in [0.05, 0.1) is 0 Å². The van der Waals surface area contributed by atoms with E-state index >= 15 is 0 Å². The molecule has 0 aliphatic carbocycles. The van der Waals surface area contributed by atoms with Crippen LogP contribution in [0.15, 0.2) is 30.3 Å². The van der Waals surface area contributed by atoms with E-state index in [4.69, 9.17) is 5.73 Å². The Kier molecular flexibility index (Phi) is 5.36. The van der Waals surface area contributed by atoms with Gasteiger partial charge in [-0.1, -0.05) is 58.0 Å². The molecule has 18 heavy (non-hydrogen) atoms. The lowest BCUT2D eigenvalue weighted by Crippen LogP contribution is -2.45. The van der Waals surface area contributed by atoms with E-state index in [1.54, 1.807) is 0 Å². The smallest absolute Gasteiger partial charge is 0.0281 e. The molecule has 2 N–H and O–H groups in total. The summed E-state index contributed by atoms with van der Waals surface area (Å²) in [5.41, 5.74) is 7.66. The summed E-state index contributed by atoms with van der Waals surface area (Å²) in [6, 6.07) is 11.0. The molecule has 0 aliphatic rings. The van der Waals surface area contributed by atoms with Crippen LogP contribution in [-0.4, -0.2) is 31.1 Å². The van der Waals surface area contributed by atoms with Crippen molar-refractivity contribution in [1.82, 2.24) is 4.90 Å². The highest BCUT2D eigenvalue weighted by atomic mass is 15.1. The third-order valence-electron chi connectivity index (χ3n) is 3.43. The average molecular weight is 248 g/mol. The maximum absolute atomic E-state index is 5.99. The molecule has 0 bridgehead atoms. The van der Waals surface area contributed by atoms with Crippen LogP contribution >= 0.6 is 0 Å². The summed E-state index contributed by atoms with van der Waals surface area (Å²) in [5.74, 6) is 0.462. The lowest BCUT2D eigenvalue weighted by molar-refractivity contribution is 0.159. The molecule has 0 spiro atoms. The van der Waals surface area contributed by atoms with E-state index in [2.05, 4.69) is 70.0 Å². The number of benzene rings is 1. The van der Waals surface area contributed by atoms with Crippen molar-refractivity contribution in [3.05, 3.63) is 35.9 Å². The van der Waals surface area contributed by atoms with Crippen molar-refractivity contribution in [2.24, 2.45) is 11.1 Å². The first kappa shape index (κ1) is 15.2. The van der Waals surface area contributed by atoms with Crippen molar-refractivity contribution in [3.63, 3.8) is 0 Å². The van der Waals surface area contributed by atoms with Gasteiger partial charge < -0.3 is 10.6 Å². The van der Waals surface area contributed by atoms with Crippen LogP contribution in [0, 0.1) is 5.41 Å². The van der Waals surface area contributed by atoms with Gasteiger partial charge in [0.1, 0.15) is 0 Å². The third kappa shape index (κ3) is 4.43.